The average Bonchev–Trinajstić information content (AvgIpc) is 2.47. The number of hydrogen-bond donors (Lipinski definition) is 4. The third kappa shape index (κ3) is 4.82. The highest BCUT2D eigenvalue weighted by atomic mass is 16.5. The van der Waals surface area contributed by atoms with Gasteiger partial charge in [-0.25, -0.2) is 4.98 Å². The lowest BCUT2D eigenvalue weighted by molar-refractivity contribution is -0.122. The fraction of sp³-hybridized carbons (Fsp3) is 0.417. The molecule has 0 aliphatic carbocycles. The van der Waals surface area contributed by atoms with E-state index in [1.165, 1.54) is 12.3 Å². The Morgan fingerprint density at radius 1 is 1.45 bits per heavy atom. The molecule has 8 heteroatoms. The molecule has 0 aromatic carbocycles. The van der Waals surface area contributed by atoms with Crippen LogP contribution in [0, 0.1) is 0 Å². The van der Waals surface area contributed by atoms with Crippen molar-refractivity contribution < 1.29 is 14.3 Å². The highest BCUT2D eigenvalue weighted by Gasteiger charge is 2.16. The summed E-state index contributed by atoms with van der Waals surface area (Å²) in [5.74, 6) is 4.49. The molecule has 20 heavy (non-hydrogen) atoms. The molecule has 0 aliphatic heterocycles. The molecule has 1 aromatic rings. The molecule has 0 spiro atoms. The minimum absolute atomic E-state index is 0.209. The number of aromatic nitrogens is 1. The summed E-state index contributed by atoms with van der Waals surface area (Å²) in [6.45, 7) is 2.40. The molecule has 0 fully saturated rings. The van der Waals surface area contributed by atoms with Gasteiger partial charge in [0.15, 0.2) is 0 Å². The van der Waals surface area contributed by atoms with Gasteiger partial charge in [-0.15, -0.1) is 0 Å². The molecule has 0 saturated heterocycles. The second-order valence-corrected chi connectivity index (χ2v) is 4.06. The number of rotatable bonds is 7. The number of hydrogen-bond acceptors (Lipinski definition) is 6. The number of nitrogens with two attached hydrogens (primary N) is 1. The van der Waals surface area contributed by atoms with Gasteiger partial charge in [0.1, 0.15) is 11.7 Å². The molecular weight excluding hydrogens is 262 g/mol. The third-order valence-corrected chi connectivity index (χ3v) is 2.51. The average molecular weight is 281 g/mol. The van der Waals surface area contributed by atoms with Crippen LogP contribution in [0.15, 0.2) is 18.3 Å². The number of ether oxygens (including phenoxy) is 1. The maximum absolute atomic E-state index is 11.9. The lowest BCUT2D eigenvalue weighted by Crippen LogP contribution is -2.45. The van der Waals surface area contributed by atoms with Crippen molar-refractivity contribution in [1.29, 1.82) is 0 Å². The molecule has 0 saturated carbocycles. The number of pyridine rings is 1. The predicted molar refractivity (Wildman–Crippen MR) is 73.9 cm³/mol. The largest absolute Gasteiger partial charge is 0.383 e. The van der Waals surface area contributed by atoms with Crippen LogP contribution < -0.4 is 21.9 Å². The van der Waals surface area contributed by atoms with Gasteiger partial charge < -0.3 is 20.8 Å². The van der Waals surface area contributed by atoms with Gasteiger partial charge in [-0.1, -0.05) is 0 Å². The van der Waals surface area contributed by atoms with Crippen molar-refractivity contribution in [3.05, 3.63) is 24.0 Å². The van der Waals surface area contributed by atoms with Gasteiger partial charge in [0.25, 0.3) is 5.91 Å². The summed E-state index contributed by atoms with van der Waals surface area (Å²) < 4.78 is 4.82. The zero-order valence-electron chi connectivity index (χ0n) is 11.5. The first-order chi connectivity index (χ1) is 9.58. The Kier molecular flexibility index (Phi) is 6.41. The van der Waals surface area contributed by atoms with Crippen molar-refractivity contribution in [3.63, 3.8) is 0 Å². The Balaban J connectivity index is 2.49. The van der Waals surface area contributed by atoms with Gasteiger partial charge in [-0.2, -0.15) is 0 Å². The number of hydrazine groups is 1. The molecule has 2 amide bonds. The number of nitrogens with one attached hydrogen (secondary N) is 3. The highest BCUT2D eigenvalue weighted by molar-refractivity contribution is 5.96. The SMILES string of the molecule is COCCNC(=O)C(C)NC(=O)c1ccc(NN)cn1. The van der Waals surface area contributed by atoms with Gasteiger partial charge >= 0.3 is 0 Å². The van der Waals surface area contributed by atoms with Crippen molar-refractivity contribution in [2.75, 3.05) is 25.7 Å². The summed E-state index contributed by atoms with van der Waals surface area (Å²) in [5.41, 5.74) is 3.21. The van der Waals surface area contributed by atoms with Crippen molar-refractivity contribution in [2.45, 2.75) is 13.0 Å². The lowest BCUT2D eigenvalue weighted by Gasteiger charge is -2.13. The van der Waals surface area contributed by atoms with Crippen LogP contribution in [0.4, 0.5) is 5.69 Å². The van der Waals surface area contributed by atoms with Crippen molar-refractivity contribution in [2.24, 2.45) is 5.84 Å². The second-order valence-electron chi connectivity index (χ2n) is 4.06. The van der Waals surface area contributed by atoms with Gasteiger partial charge in [0.05, 0.1) is 18.5 Å². The van der Waals surface area contributed by atoms with E-state index in [9.17, 15) is 9.59 Å². The van der Waals surface area contributed by atoms with Crippen LogP contribution in [0.3, 0.4) is 0 Å². The van der Waals surface area contributed by atoms with E-state index in [4.69, 9.17) is 10.6 Å². The summed E-state index contributed by atoms with van der Waals surface area (Å²) in [6, 6.07) is 2.47. The van der Waals surface area contributed by atoms with Gasteiger partial charge in [0.2, 0.25) is 5.91 Å². The fourth-order valence-corrected chi connectivity index (χ4v) is 1.38. The normalized spacial score (nSPS) is 11.6. The smallest absolute Gasteiger partial charge is 0.270 e. The molecule has 1 unspecified atom stereocenters. The first-order valence-electron chi connectivity index (χ1n) is 6.08. The molecule has 0 radical (unpaired) electrons. The molecule has 0 bridgehead atoms. The van der Waals surface area contributed by atoms with E-state index in [2.05, 4.69) is 21.0 Å². The molecular formula is C12H19N5O3. The first kappa shape index (κ1) is 15.9. The number of methoxy groups -OCH3 is 1. The molecule has 0 aliphatic rings. The van der Waals surface area contributed by atoms with Gasteiger partial charge in [0, 0.05) is 13.7 Å². The molecule has 1 atom stereocenters. The van der Waals surface area contributed by atoms with E-state index in [0.29, 0.717) is 18.8 Å². The summed E-state index contributed by atoms with van der Waals surface area (Å²) in [5, 5.41) is 5.19. The third-order valence-electron chi connectivity index (χ3n) is 2.51. The molecule has 1 rings (SSSR count). The second kappa shape index (κ2) is 8.08. The van der Waals surface area contributed by atoms with Crippen LogP contribution in [0.2, 0.25) is 0 Å². The predicted octanol–water partition coefficient (Wildman–Crippen LogP) is -0.752. The topological polar surface area (TPSA) is 118 Å². The Hall–Kier alpha value is -2.19. The number of nitrogens with zero attached hydrogens (tertiary/aromatic N) is 1. The minimum Gasteiger partial charge on any atom is -0.383 e. The van der Waals surface area contributed by atoms with Crippen LogP contribution >= 0.6 is 0 Å². The monoisotopic (exact) mass is 281 g/mol. The molecule has 8 nitrogen and oxygen atoms in total. The number of carbonyl (C=O) groups excluding carboxylic acids is 2. The lowest BCUT2D eigenvalue weighted by atomic mass is 10.2. The molecule has 1 heterocycles. The van der Waals surface area contributed by atoms with E-state index in [-0.39, 0.29) is 11.6 Å². The maximum atomic E-state index is 11.9. The zero-order chi connectivity index (χ0) is 15.0. The molecule has 110 valence electrons. The maximum Gasteiger partial charge on any atom is 0.270 e. The van der Waals surface area contributed by atoms with Crippen molar-refractivity contribution in [1.82, 2.24) is 15.6 Å². The standard InChI is InChI=1S/C12H19N5O3/c1-8(11(18)14-5-6-20-2)16-12(19)10-4-3-9(17-13)7-15-10/h3-4,7-8,17H,5-6,13H2,1-2H3,(H,14,18)(H,16,19). The van der Waals surface area contributed by atoms with Crippen molar-refractivity contribution >= 4 is 17.5 Å². The van der Waals surface area contributed by atoms with E-state index < -0.39 is 11.9 Å². The Bertz CT molecular complexity index is 449. The Morgan fingerprint density at radius 3 is 2.75 bits per heavy atom. The van der Waals surface area contributed by atoms with E-state index >= 15 is 0 Å². The van der Waals surface area contributed by atoms with E-state index in [0.717, 1.165) is 0 Å². The Labute approximate surface area is 117 Å². The number of anilines is 1. The number of nitrogen functional groups attached to an aromatic ring is 1. The summed E-state index contributed by atoms with van der Waals surface area (Å²) in [6.07, 6.45) is 1.43. The summed E-state index contributed by atoms with van der Waals surface area (Å²) >= 11 is 0. The number of carbonyl (C=O) groups is 2. The fourth-order valence-electron chi connectivity index (χ4n) is 1.38. The van der Waals surface area contributed by atoms with E-state index in [1.54, 1.807) is 20.1 Å². The van der Waals surface area contributed by atoms with Gasteiger partial charge in [-0.3, -0.25) is 15.4 Å². The zero-order valence-corrected chi connectivity index (χ0v) is 11.5. The number of amides is 2. The molecule has 5 N–H and O–H groups in total. The van der Waals surface area contributed by atoms with Crippen molar-refractivity contribution in [3.8, 4) is 0 Å². The van der Waals surface area contributed by atoms with Crippen LogP contribution in [0.1, 0.15) is 17.4 Å². The van der Waals surface area contributed by atoms with Crippen LogP contribution in [0.25, 0.3) is 0 Å². The van der Waals surface area contributed by atoms with Crippen LogP contribution in [-0.4, -0.2) is 43.1 Å². The first-order valence-corrected chi connectivity index (χ1v) is 6.08. The highest BCUT2D eigenvalue weighted by Crippen LogP contribution is 2.04. The Morgan fingerprint density at radius 2 is 2.20 bits per heavy atom. The van der Waals surface area contributed by atoms with Gasteiger partial charge in [-0.05, 0) is 19.1 Å². The van der Waals surface area contributed by atoms with Crippen LogP contribution in [0.5, 0.6) is 0 Å². The van der Waals surface area contributed by atoms with E-state index in [1.807, 2.05) is 0 Å². The minimum atomic E-state index is -0.659. The van der Waals surface area contributed by atoms with Crippen LogP contribution in [-0.2, 0) is 9.53 Å². The summed E-state index contributed by atoms with van der Waals surface area (Å²) in [7, 11) is 1.54. The molecule has 1 aromatic heterocycles. The quantitative estimate of drug-likeness (QED) is 0.297. The summed E-state index contributed by atoms with van der Waals surface area (Å²) in [4.78, 5) is 27.4.